The smallest absolute Gasteiger partial charge is 0.251 e. The maximum absolute atomic E-state index is 12.2. The molecular weight excluding hydrogens is 294 g/mol. The summed E-state index contributed by atoms with van der Waals surface area (Å²) in [6.45, 7) is 3.52. The van der Waals surface area contributed by atoms with E-state index in [0.29, 0.717) is 17.7 Å². The van der Waals surface area contributed by atoms with Gasteiger partial charge in [0.05, 0.1) is 0 Å². The van der Waals surface area contributed by atoms with Crippen LogP contribution in [-0.2, 0) is 9.59 Å². The van der Waals surface area contributed by atoms with Gasteiger partial charge in [0.15, 0.2) is 0 Å². The maximum atomic E-state index is 12.2. The average Bonchev–Trinajstić information content (AvgIpc) is 2.50. The minimum atomic E-state index is -0.658. The van der Waals surface area contributed by atoms with Crippen molar-refractivity contribution in [1.29, 1.82) is 0 Å². The first-order valence-corrected chi connectivity index (χ1v) is 7.92. The predicted molar refractivity (Wildman–Crippen MR) is 90.0 cm³/mol. The van der Waals surface area contributed by atoms with Gasteiger partial charge in [-0.15, -0.1) is 0 Å². The second-order valence-corrected chi connectivity index (χ2v) is 5.54. The lowest BCUT2D eigenvalue weighted by Gasteiger charge is -2.15. The number of primary amides is 1. The Morgan fingerprint density at radius 1 is 1.09 bits per heavy atom. The van der Waals surface area contributed by atoms with E-state index in [2.05, 4.69) is 17.6 Å². The monoisotopic (exact) mass is 319 g/mol. The molecule has 6 nitrogen and oxygen atoms in total. The van der Waals surface area contributed by atoms with E-state index in [9.17, 15) is 14.4 Å². The van der Waals surface area contributed by atoms with Crippen LogP contribution in [0.1, 0.15) is 56.3 Å². The summed E-state index contributed by atoms with van der Waals surface area (Å²) in [5, 5.41) is 5.29. The van der Waals surface area contributed by atoms with Gasteiger partial charge in [-0.3, -0.25) is 14.4 Å². The molecule has 126 valence electrons. The van der Waals surface area contributed by atoms with Gasteiger partial charge in [0.2, 0.25) is 11.8 Å². The predicted octanol–water partition coefficient (Wildman–Crippen LogP) is 2.20. The van der Waals surface area contributed by atoms with Crippen molar-refractivity contribution in [3.05, 3.63) is 29.8 Å². The van der Waals surface area contributed by atoms with Gasteiger partial charge in [-0.2, -0.15) is 0 Å². The van der Waals surface area contributed by atoms with Gasteiger partial charge >= 0.3 is 0 Å². The van der Waals surface area contributed by atoms with Crippen molar-refractivity contribution in [1.82, 2.24) is 5.32 Å². The number of hydrogen-bond donors (Lipinski definition) is 3. The van der Waals surface area contributed by atoms with Crippen molar-refractivity contribution < 1.29 is 14.4 Å². The summed E-state index contributed by atoms with van der Waals surface area (Å²) < 4.78 is 0. The fourth-order valence-corrected chi connectivity index (χ4v) is 2.21. The van der Waals surface area contributed by atoms with Crippen molar-refractivity contribution in [3.8, 4) is 0 Å². The standard InChI is InChI=1S/C17H25N3O3/c1-3-4-5-6-7-15(16(18)22)20-17(23)13-8-10-14(11-9-13)19-12(2)21/h8-11,15H,3-7H2,1-2H3,(H2,18,22)(H,19,21)(H,20,23)/t15-/m0/s1. The summed E-state index contributed by atoms with van der Waals surface area (Å²) in [7, 11) is 0. The van der Waals surface area contributed by atoms with Crippen LogP contribution in [0.15, 0.2) is 24.3 Å². The molecule has 6 heteroatoms. The summed E-state index contributed by atoms with van der Waals surface area (Å²) in [4.78, 5) is 34.6. The SMILES string of the molecule is CCCCCC[C@H](NC(=O)c1ccc(NC(C)=O)cc1)C(N)=O. The van der Waals surface area contributed by atoms with Crippen LogP contribution in [0.2, 0.25) is 0 Å². The van der Waals surface area contributed by atoms with Crippen LogP contribution in [0.25, 0.3) is 0 Å². The summed E-state index contributed by atoms with van der Waals surface area (Å²) in [6, 6.07) is 5.80. The number of anilines is 1. The lowest BCUT2D eigenvalue weighted by Crippen LogP contribution is -2.44. The number of amides is 3. The van der Waals surface area contributed by atoms with Crippen LogP contribution in [0.3, 0.4) is 0 Å². The number of nitrogens with one attached hydrogen (secondary N) is 2. The highest BCUT2D eigenvalue weighted by molar-refractivity contribution is 5.98. The van der Waals surface area contributed by atoms with Gasteiger partial charge in [-0.25, -0.2) is 0 Å². The van der Waals surface area contributed by atoms with Gasteiger partial charge in [-0.05, 0) is 30.7 Å². The first kappa shape index (κ1) is 18.7. The Balaban J connectivity index is 2.60. The Hall–Kier alpha value is -2.37. The van der Waals surface area contributed by atoms with E-state index in [4.69, 9.17) is 5.73 Å². The molecule has 0 spiro atoms. The van der Waals surface area contributed by atoms with E-state index in [1.54, 1.807) is 24.3 Å². The quantitative estimate of drug-likeness (QED) is 0.608. The Bertz CT molecular complexity index is 541. The third-order valence-electron chi connectivity index (χ3n) is 3.46. The van der Waals surface area contributed by atoms with E-state index >= 15 is 0 Å². The molecule has 0 aliphatic heterocycles. The Labute approximate surface area is 136 Å². The average molecular weight is 319 g/mol. The molecule has 0 unspecified atom stereocenters. The fraction of sp³-hybridized carbons (Fsp3) is 0.471. The fourth-order valence-electron chi connectivity index (χ4n) is 2.21. The molecule has 0 saturated carbocycles. The molecule has 3 amide bonds. The van der Waals surface area contributed by atoms with Gasteiger partial charge < -0.3 is 16.4 Å². The van der Waals surface area contributed by atoms with Crippen molar-refractivity contribution in [2.45, 2.75) is 52.0 Å². The maximum Gasteiger partial charge on any atom is 0.251 e. The number of unbranched alkanes of at least 4 members (excludes halogenated alkanes) is 3. The molecule has 0 radical (unpaired) electrons. The first-order valence-electron chi connectivity index (χ1n) is 7.92. The number of carbonyl (C=O) groups is 3. The molecular formula is C17H25N3O3. The van der Waals surface area contributed by atoms with Crippen molar-refractivity contribution in [2.75, 3.05) is 5.32 Å². The first-order chi connectivity index (χ1) is 10.9. The van der Waals surface area contributed by atoms with Gasteiger partial charge in [-0.1, -0.05) is 32.6 Å². The van der Waals surface area contributed by atoms with Gasteiger partial charge in [0.1, 0.15) is 6.04 Å². The normalized spacial score (nSPS) is 11.6. The van der Waals surface area contributed by atoms with Crippen molar-refractivity contribution in [3.63, 3.8) is 0 Å². The molecule has 23 heavy (non-hydrogen) atoms. The molecule has 1 atom stereocenters. The van der Waals surface area contributed by atoms with Crippen LogP contribution in [0, 0.1) is 0 Å². The molecule has 0 saturated heterocycles. The second kappa shape index (κ2) is 9.61. The van der Waals surface area contributed by atoms with Crippen LogP contribution in [0.4, 0.5) is 5.69 Å². The molecule has 4 N–H and O–H groups in total. The molecule has 1 aromatic carbocycles. The molecule has 1 rings (SSSR count). The van der Waals surface area contributed by atoms with Gasteiger partial charge in [0.25, 0.3) is 5.91 Å². The van der Waals surface area contributed by atoms with Crippen LogP contribution < -0.4 is 16.4 Å². The molecule has 1 aromatic rings. The molecule has 0 aliphatic carbocycles. The minimum absolute atomic E-state index is 0.178. The zero-order chi connectivity index (χ0) is 17.2. The van der Waals surface area contributed by atoms with Crippen molar-refractivity contribution in [2.24, 2.45) is 5.73 Å². The summed E-state index contributed by atoms with van der Waals surface area (Å²) in [6.07, 6.45) is 4.62. The van der Waals surface area contributed by atoms with Crippen LogP contribution in [-0.4, -0.2) is 23.8 Å². The lowest BCUT2D eigenvalue weighted by molar-refractivity contribution is -0.120. The molecule has 0 bridgehead atoms. The van der Waals surface area contributed by atoms with E-state index in [0.717, 1.165) is 25.7 Å². The minimum Gasteiger partial charge on any atom is -0.368 e. The second-order valence-electron chi connectivity index (χ2n) is 5.54. The highest BCUT2D eigenvalue weighted by Crippen LogP contribution is 2.11. The molecule has 0 aromatic heterocycles. The number of hydrogen-bond acceptors (Lipinski definition) is 3. The Kier molecular flexibility index (Phi) is 7.80. The highest BCUT2D eigenvalue weighted by atomic mass is 16.2. The summed E-state index contributed by atoms with van der Waals surface area (Å²) in [5.41, 5.74) is 6.38. The molecule has 0 heterocycles. The highest BCUT2D eigenvalue weighted by Gasteiger charge is 2.18. The van der Waals surface area contributed by atoms with E-state index in [1.165, 1.54) is 6.92 Å². The number of carbonyl (C=O) groups excluding carboxylic acids is 3. The largest absolute Gasteiger partial charge is 0.368 e. The Morgan fingerprint density at radius 2 is 1.74 bits per heavy atom. The van der Waals surface area contributed by atoms with E-state index < -0.39 is 11.9 Å². The van der Waals surface area contributed by atoms with Crippen LogP contribution >= 0.6 is 0 Å². The van der Waals surface area contributed by atoms with Crippen LogP contribution in [0.5, 0.6) is 0 Å². The topological polar surface area (TPSA) is 101 Å². The third kappa shape index (κ3) is 6.95. The number of rotatable bonds is 9. The molecule has 0 fully saturated rings. The lowest BCUT2D eigenvalue weighted by atomic mass is 10.1. The summed E-state index contributed by atoms with van der Waals surface area (Å²) >= 11 is 0. The summed E-state index contributed by atoms with van der Waals surface area (Å²) in [5.74, 6) is -1.05. The third-order valence-corrected chi connectivity index (χ3v) is 3.46. The van der Waals surface area contributed by atoms with Crippen molar-refractivity contribution >= 4 is 23.4 Å². The molecule has 0 aliphatic rings. The van der Waals surface area contributed by atoms with Gasteiger partial charge in [0, 0.05) is 18.2 Å². The Morgan fingerprint density at radius 3 is 2.26 bits per heavy atom. The van der Waals surface area contributed by atoms with E-state index in [1.807, 2.05) is 0 Å². The van der Waals surface area contributed by atoms with E-state index in [-0.39, 0.29) is 11.8 Å². The number of benzene rings is 1. The number of nitrogens with two attached hydrogens (primary N) is 1. The zero-order valence-electron chi connectivity index (χ0n) is 13.7. The zero-order valence-corrected chi connectivity index (χ0v) is 13.7.